The largest absolute Gasteiger partial charge is 0.347 e. The molecule has 0 spiro atoms. The number of nitro benzene ring substituents is 1. The van der Waals surface area contributed by atoms with Gasteiger partial charge in [-0.15, -0.1) is 11.3 Å². The molecule has 0 saturated heterocycles. The highest BCUT2D eigenvalue weighted by molar-refractivity contribution is 7.11. The van der Waals surface area contributed by atoms with E-state index in [0.29, 0.717) is 6.54 Å². The van der Waals surface area contributed by atoms with Crippen LogP contribution in [0.1, 0.15) is 20.1 Å². The van der Waals surface area contributed by atoms with Gasteiger partial charge < -0.3 is 5.32 Å². The van der Waals surface area contributed by atoms with E-state index in [9.17, 15) is 19.3 Å². The van der Waals surface area contributed by atoms with Gasteiger partial charge in [-0.3, -0.25) is 14.9 Å². The highest BCUT2D eigenvalue weighted by atomic mass is 32.1. The van der Waals surface area contributed by atoms with E-state index in [2.05, 4.69) is 5.32 Å². The predicted octanol–water partition coefficient (Wildman–Crippen LogP) is 3.03. The molecule has 0 aliphatic carbocycles. The van der Waals surface area contributed by atoms with Crippen LogP contribution in [-0.2, 0) is 6.54 Å². The number of thiophene rings is 1. The van der Waals surface area contributed by atoms with Crippen molar-refractivity contribution in [3.63, 3.8) is 0 Å². The molecule has 0 fully saturated rings. The van der Waals surface area contributed by atoms with Crippen LogP contribution in [0.3, 0.4) is 0 Å². The molecule has 7 heteroatoms. The van der Waals surface area contributed by atoms with Gasteiger partial charge in [-0.25, -0.2) is 0 Å². The number of nitrogens with one attached hydrogen (secondary N) is 1. The maximum absolute atomic E-state index is 13.4. The van der Waals surface area contributed by atoms with Gasteiger partial charge in [-0.05, 0) is 31.2 Å². The molecule has 0 atom stereocenters. The zero-order valence-corrected chi connectivity index (χ0v) is 11.4. The molecule has 2 rings (SSSR count). The molecule has 2 aromatic rings. The molecule has 1 N–H and O–H groups in total. The summed E-state index contributed by atoms with van der Waals surface area (Å²) >= 11 is 1.56. The van der Waals surface area contributed by atoms with Gasteiger partial charge >= 0.3 is 5.69 Å². The third kappa shape index (κ3) is 3.18. The standard InChI is InChI=1S/C13H11FN2O3S/c1-8-2-4-10(20-8)7-15-13(17)9-3-5-12(16(18)19)11(14)6-9/h2-6H,7H2,1H3,(H,15,17). The summed E-state index contributed by atoms with van der Waals surface area (Å²) in [4.78, 5) is 23.6. The van der Waals surface area contributed by atoms with E-state index in [1.54, 1.807) is 11.3 Å². The van der Waals surface area contributed by atoms with E-state index < -0.39 is 22.3 Å². The van der Waals surface area contributed by atoms with Crippen LogP contribution in [0.2, 0.25) is 0 Å². The van der Waals surface area contributed by atoms with Crippen molar-refractivity contribution >= 4 is 22.9 Å². The number of carbonyl (C=O) groups excluding carboxylic acids is 1. The van der Waals surface area contributed by atoms with Crippen LogP contribution in [0.5, 0.6) is 0 Å². The van der Waals surface area contributed by atoms with Crippen molar-refractivity contribution in [3.05, 3.63) is 61.6 Å². The number of hydrogen-bond acceptors (Lipinski definition) is 4. The SMILES string of the molecule is Cc1ccc(CNC(=O)c2ccc([N+](=O)[O-])c(F)c2)s1. The van der Waals surface area contributed by atoms with E-state index in [1.165, 1.54) is 6.07 Å². The molecular weight excluding hydrogens is 283 g/mol. The van der Waals surface area contributed by atoms with Gasteiger partial charge in [-0.2, -0.15) is 4.39 Å². The van der Waals surface area contributed by atoms with E-state index in [1.807, 2.05) is 19.1 Å². The van der Waals surface area contributed by atoms with Crippen molar-refractivity contribution in [2.75, 3.05) is 0 Å². The fraction of sp³-hybridized carbons (Fsp3) is 0.154. The summed E-state index contributed by atoms with van der Waals surface area (Å²) in [5.74, 6) is -1.49. The molecule has 0 aliphatic heterocycles. The summed E-state index contributed by atoms with van der Waals surface area (Å²) < 4.78 is 13.4. The zero-order valence-electron chi connectivity index (χ0n) is 10.6. The average molecular weight is 294 g/mol. The van der Waals surface area contributed by atoms with Gasteiger partial charge in [0.15, 0.2) is 0 Å². The quantitative estimate of drug-likeness (QED) is 0.696. The van der Waals surface area contributed by atoms with Crippen LogP contribution >= 0.6 is 11.3 Å². The van der Waals surface area contributed by atoms with Crippen molar-refractivity contribution in [2.24, 2.45) is 0 Å². The minimum Gasteiger partial charge on any atom is -0.347 e. The van der Waals surface area contributed by atoms with Crippen molar-refractivity contribution in [3.8, 4) is 0 Å². The van der Waals surface area contributed by atoms with Crippen molar-refractivity contribution in [2.45, 2.75) is 13.5 Å². The molecule has 20 heavy (non-hydrogen) atoms. The second-order valence-corrected chi connectivity index (χ2v) is 5.49. The lowest BCUT2D eigenvalue weighted by Gasteiger charge is -2.04. The molecule has 1 amide bonds. The maximum atomic E-state index is 13.4. The number of aryl methyl sites for hydroxylation is 1. The smallest absolute Gasteiger partial charge is 0.304 e. The Balaban J connectivity index is 2.06. The van der Waals surface area contributed by atoms with Gasteiger partial charge in [0, 0.05) is 21.4 Å². The van der Waals surface area contributed by atoms with Gasteiger partial charge in [-0.1, -0.05) is 0 Å². The number of benzene rings is 1. The Morgan fingerprint density at radius 3 is 2.70 bits per heavy atom. The highest BCUT2D eigenvalue weighted by Gasteiger charge is 2.16. The van der Waals surface area contributed by atoms with Crippen molar-refractivity contribution in [1.29, 1.82) is 0 Å². The minimum atomic E-state index is -1.02. The van der Waals surface area contributed by atoms with Crippen molar-refractivity contribution < 1.29 is 14.1 Å². The summed E-state index contributed by atoms with van der Waals surface area (Å²) in [6.07, 6.45) is 0. The Hall–Kier alpha value is -2.28. The molecule has 0 aliphatic rings. The average Bonchev–Trinajstić information content (AvgIpc) is 2.81. The van der Waals surface area contributed by atoms with Crippen LogP contribution in [-0.4, -0.2) is 10.8 Å². The lowest BCUT2D eigenvalue weighted by Crippen LogP contribution is -2.22. The number of amides is 1. The minimum absolute atomic E-state index is 0.0568. The monoisotopic (exact) mass is 294 g/mol. The molecule has 1 aromatic carbocycles. The van der Waals surface area contributed by atoms with Gasteiger partial charge in [0.05, 0.1) is 11.5 Å². The number of carbonyl (C=O) groups is 1. The Bertz CT molecular complexity index is 669. The number of hydrogen-bond donors (Lipinski definition) is 1. The van der Waals surface area contributed by atoms with E-state index in [4.69, 9.17) is 0 Å². The highest BCUT2D eigenvalue weighted by Crippen LogP contribution is 2.18. The number of rotatable bonds is 4. The first kappa shape index (κ1) is 14.1. The van der Waals surface area contributed by atoms with Crippen LogP contribution in [0.4, 0.5) is 10.1 Å². The summed E-state index contributed by atoms with van der Waals surface area (Å²) in [5, 5.41) is 13.1. The molecular formula is C13H11FN2O3S. The first-order valence-corrected chi connectivity index (χ1v) is 6.56. The molecule has 5 nitrogen and oxygen atoms in total. The summed E-state index contributed by atoms with van der Waals surface area (Å²) in [5.41, 5.74) is -0.586. The van der Waals surface area contributed by atoms with E-state index >= 15 is 0 Å². The predicted molar refractivity (Wildman–Crippen MR) is 73.3 cm³/mol. The zero-order chi connectivity index (χ0) is 14.7. The fourth-order valence-corrected chi connectivity index (χ4v) is 2.48. The topological polar surface area (TPSA) is 72.2 Å². The van der Waals surface area contributed by atoms with E-state index in [-0.39, 0.29) is 5.56 Å². The lowest BCUT2D eigenvalue weighted by molar-refractivity contribution is -0.387. The first-order chi connectivity index (χ1) is 9.47. The van der Waals surface area contributed by atoms with Crippen molar-refractivity contribution in [1.82, 2.24) is 5.32 Å². The molecule has 104 valence electrons. The van der Waals surface area contributed by atoms with Crippen LogP contribution in [0.25, 0.3) is 0 Å². The molecule has 1 heterocycles. The Kier molecular flexibility index (Phi) is 4.09. The number of nitrogens with zero attached hydrogens (tertiary/aromatic N) is 1. The summed E-state index contributed by atoms with van der Waals surface area (Å²) in [6, 6.07) is 6.93. The maximum Gasteiger partial charge on any atom is 0.304 e. The summed E-state index contributed by atoms with van der Waals surface area (Å²) in [7, 11) is 0. The molecule has 1 aromatic heterocycles. The molecule has 0 bridgehead atoms. The second-order valence-electron chi connectivity index (χ2n) is 4.12. The van der Waals surface area contributed by atoms with Gasteiger partial charge in [0.2, 0.25) is 5.82 Å². The van der Waals surface area contributed by atoms with Gasteiger partial charge in [0.25, 0.3) is 5.91 Å². The van der Waals surface area contributed by atoms with Crippen LogP contribution in [0.15, 0.2) is 30.3 Å². The number of nitro groups is 1. The third-order valence-corrected chi connectivity index (χ3v) is 3.63. The summed E-state index contributed by atoms with van der Waals surface area (Å²) in [6.45, 7) is 2.30. The Labute approximate surface area is 118 Å². The Morgan fingerprint density at radius 2 is 2.15 bits per heavy atom. The molecule has 0 unspecified atom stereocenters. The molecule has 0 saturated carbocycles. The number of halogens is 1. The molecule has 0 radical (unpaired) electrons. The first-order valence-electron chi connectivity index (χ1n) is 5.75. The van der Waals surface area contributed by atoms with Crippen LogP contribution < -0.4 is 5.32 Å². The fourth-order valence-electron chi connectivity index (χ4n) is 1.65. The van der Waals surface area contributed by atoms with Crippen LogP contribution in [0, 0.1) is 22.9 Å². The second kappa shape index (κ2) is 5.79. The normalized spacial score (nSPS) is 10.3. The van der Waals surface area contributed by atoms with E-state index in [0.717, 1.165) is 21.9 Å². The third-order valence-electron chi connectivity index (χ3n) is 2.63. The Morgan fingerprint density at radius 1 is 1.40 bits per heavy atom. The lowest BCUT2D eigenvalue weighted by atomic mass is 10.2. The van der Waals surface area contributed by atoms with Gasteiger partial charge in [0.1, 0.15) is 0 Å².